The Hall–Kier alpha value is -1.60. The van der Waals surface area contributed by atoms with Gasteiger partial charge >= 0.3 is 5.97 Å². The summed E-state index contributed by atoms with van der Waals surface area (Å²) in [6, 6.07) is 2.14. The summed E-state index contributed by atoms with van der Waals surface area (Å²) in [6.45, 7) is 3.43. The second kappa shape index (κ2) is 4.72. The van der Waals surface area contributed by atoms with Gasteiger partial charge in [0, 0.05) is 6.08 Å². The molecule has 4 nitrogen and oxygen atoms in total. The standard InChI is InChI=1S/C13H17NO3/c1-3-10(8-11(15)16)4-5-12(2,17)13(9-14)6-7-13/h4-5,8,17H,3,6-7H2,1-2H3,(H,15,16)/b5-4+,10-8-/t12-/m0/s1. The lowest BCUT2D eigenvalue weighted by atomic mass is 9.86. The zero-order valence-corrected chi connectivity index (χ0v) is 10.1. The number of nitriles is 1. The van der Waals surface area contributed by atoms with Crippen molar-refractivity contribution in [3.63, 3.8) is 0 Å². The van der Waals surface area contributed by atoms with Crippen molar-refractivity contribution >= 4 is 5.97 Å². The molecule has 4 heteroatoms. The van der Waals surface area contributed by atoms with E-state index in [9.17, 15) is 9.90 Å². The van der Waals surface area contributed by atoms with E-state index in [0.717, 1.165) is 6.08 Å². The number of aliphatic carboxylic acids is 1. The zero-order chi connectivity index (χ0) is 13.1. The number of aliphatic hydroxyl groups is 1. The van der Waals surface area contributed by atoms with Crippen molar-refractivity contribution in [1.82, 2.24) is 0 Å². The van der Waals surface area contributed by atoms with Crippen LogP contribution >= 0.6 is 0 Å². The largest absolute Gasteiger partial charge is 0.478 e. The van der Waals surface area contributed by atoms with Gasteiger partial charge in [-0.05, 0) is 31.8 Å². The molecule has 0 saturated heterocycles. The van der Waals surface area contributed by atoms with E-state index in [2.05, 4.69) is 6.07 Å². The number of carboxylic acid groups (broad SMARTS) is 1. The fourth-order valence-electron chi connectivity index (χ4n) is 1.71. The van der Waals surface area contributed by atoms with Crippen LogP contribution in [0, 0.1) is 16.7 Å². The van der Waals surface area contributed by atoms with Crippen LogP contribution < -0.4 is 0 Å². The van der Waals surface area contributed by atoms with Crippen molar-refractivity contribution in [3.8, 4) is 6.07 Å². The van der Waals surface area contributed by atoms with E-state index in [1.165, 1.54) is 6.08 Å². The van der Waals surface area contributed by atoms with Gasteiger partial charge in [0.1, 0.15) is 0 Å². The van der Waals surface area contributed by atoms with E-state index in [0.29, 0.717) is 24.8 Å². The van der Waals surface area contributed by atoms with Crippen LogP contribution in [0.15, 0.2) is 23.8 Å². The third-order valence-electron chi connectivity index (χ3n) is 3.27. The van der Waals surface area contributed by atoms with Crippen molar-refractivity contribution in [2.24, 2.45) is 5.41 Å². The molecule has 17 heavy (non-hydrogen) atoms. The molecule has 0 aliphatic heterocycles. The topological polar surface area (TPSA) is 81.3 Å². The lowest BCUT2D eigenvalue weighted by Crippen LogP contribution is -2.32. The van der Waals surface area contributed by atoms with E-state index in [1.807, 2.05) is 6.92 Å². The Labute approximate surface area is 101 Å². The molecule has 0 aromatic rings. The Kier molecular flexibility index (Phi) is 3.74. The first-order valence-electron chi connectivity index (χ1n) is 5.63. The van der Waals surface area contributed by atoms with Crippen LogP contribution in [0.2, 0.25) is 0 Å². The first-order valence-corrected chi connectivity index (χ1v) is 5.63. The van der Waals surface area contributed by atoms with Gasteiger partial charge in [-0.2, -0.15) is 5.26 Å². The minimum Gasteiger partial charge on any atom is -0.478 e. The number of rotatable bonds is 5. The second-order valence-electron chi connectivity index (χ2n) is 4.59. The molecule has 1 aliphatic rings. The average Bonchev–Trinajstić information content (AvgIpc) is 3.04. The number of hydrogen-bond acceptors (Lipinski definition) is 3. The maximum absolute atomic E-state index is 10.5. The van der Waals surface area contributed by atoms with Gasteiger partial charge in [0.2, 0.25) is 0 Å². The van der Waals surface area contributed by atoms with Crippen molar-refractivity contribution in [1.29, 1.82) is 5.26 Å². The molecule has 2 N–H and O–H groups in total. The molecule has 1 atom stereocenters. The molecule has 0 radical (unpaired) electrons. The smallest absolute Gasteiger partial charge is 0.328 e. The van der Waals surface area contributed by atoms with Gasteiger partial charge in [-0.25, -0.2) is 4.79 Å². The number of carbonyl (C=O) groups is 1. The van der Waals surface area contributed by atoms with Gasteiger partial charge in [0.05, 0.1) is 17.1 Å². The third-order valence-corrected chi connectivity index (χ3v) is 3.27. The Bertz CT molecular complexity index is 409. The number of allylic oxidation sites excluding steroid dienone is 2. The molecular weight excluding hydrogens is 218 g/mol. The lowest BCUT2D eigenvalue weighted by Gasteiger charge is -2.24. The van der Waals surface area contributed by atoms with Gasteiger partial charge < -0.3 is 10.2 Å². The van der Waals surface area contributed by atoms with Crippen LogP contribution in [-0.4, -0.2) is 21.8 Å². The van der Waals surface area contributed by atoms with Crippen molar-refractivity contribution < 1.29 is 15.0 Å². The first kappa shape index (κ1) is 13.5. The minimum absolute atomic E-state index is 0.568. The van der Waals surface area contributed by atoms with E-state index < -0.39 is 17.0 Å². The molecule has 1 fully saturated rings. The summed E-state index contributed by atoms with van der Waals surface area (Å²) in [7, 11) is 0. The molecular formula is C13H17NO3. The Morgan fingerprint density at radius 3 is 2.53 bits per heavy atom. The summed E-state index contributed by atoms with van der Waals surface area (Å²) in [6.07, 6.45) is 6.17. The summed E-state index contributed by atoms with van der Waals surface area (Å²) >= 11 is 0. The summed E-state index contributed by atoms with van der Waals surface area (Å²) in [5.74, 6) is -1.01. The third kappa shape index (κ3) is 2.95. The molecule has 0 spiro atoms. The highest BCUT2D eigenvalue weighted by Crippen LogP contribution is 2.54. The van der Waals surface area contributed by atoms with Crippen molar-refractivity contribution in [2.45, 2.75) is 38.7 Å². The van der Waals surface area contributed by atoms with Crippen molar-refractivity contribution in [2.75, 3.05) is 0 Å². The summed E-state index contributed by atoms with van der Waals surface area (Å²) < 4.78 is 0. The normalized spacial score (nSPS) is 21.9. The Balaban J connectivity index is 2.83. The second-order valence-corrected chi connectivity index (χ2v) is 4.59. The summed E-state index contributed by atoms with van der Waals surface area (Å²) in [5.41, 5.74) is -1.27. The molecule has 0 aromatic heterocycles. The fourth-order valence-corrected chi connectivity index (χ4v) is 1.71. The zero-order valence-electron chi connectivity index (χ0n) is 10.1. The highest BCUT2D eigenvalue weighted by Gasteiger charge is 2.55. The van der Waals surface area contributed by atoms with E-state index in [1.54, 1.807) is 13.0 Å². The predicted molar refractivity (Wildman–Crippen MR) is 63.1 cm³/mol. The van der Waals surface area contributed by atoms with Crippen LogP contribution in [0.4, 0.5) is 0 Å². The monoisotopic (exact) mass is 235 g/mol. The molecule has 1 rings (SSSR count). The first-order chi connectivity index (χ1) is 7.87. The minimum atomic E-state index is -1.20. The van der Waals surface area contributed by atoms with E-state index in [4.69, 9.17) is 10.4 Å². The van der Waals surface area contributed by atoms with Gasteiger partial charge in [-0.15, -0.1) is 0 Å². The van der Waals surface area contributed by atoms with Crippen LogP contribution in [0.5, 0.6) is 0 Å². The van der Waals surface area contributed by atoms with Crippen LogP contribution in [-0.2, 0) is 4.79 Å². The molecule has 0 heterocycles. The number of nitrogens with zero attached hydrogens (tertiary/aromatic N) is 1. The van der Waals surface area contributed by atoms with Gasteiger partial charge in [-0.3, -0.25) is 0 Å². The van der Waals surface area contributed by atoms with E-state index >= 15 is 0 Å². The molecule has 0 unspecified atom stereocenters. The molecule has 0 aromatic carbocycles. The highest BCUT2D eigenvalue weighted by molar-refractivity contribution is 5.81. The maximum Gasteiger partial charge on any atom is 0.328 e. The van der Waals surface area contributed by atoms with Crippen LogP contribution in [0.1, 0.15) is 33.1 Å². The Morgan fingerprint density at radius 2 is 2.18 bits per heavy atom. The number of hydrogen-bond donors (Lipinski definition) is 2. The number of carboxylic acids is 1. The van der Waals surface area contributed by atoms with Crippen LogP contribution in [0.25, 0.3) is 0 Å². The molecule has 1 aliphatic carbocycles. The predicted octanol–water partition coefficient (Wildman–Crippen LogP) is 2.02. The van der Waals surface area contributed by atoms with Gasteiger partial charge in [0.15, 0.2) is 0 Å². The highest BCUT2D eigenvalue weighted by atomic mass is 16.4. The maximum atomic E-state index is 10.5. The van der Waals surface area contributed by atoms with Crippen molar-refractivity contribution in [3.05, 3.63) is 23.8 Å². The average molecular weight is 235 g/mol. The van der Waals surface area contributed by atoms with Gasteiger partial charge in [0.25, 0.3) is 0 Å². The SMILES string of the molecule is CCC(=C/C(=O)O)/C=C/[C@](C)(O)C1(C#N)CC1. The van der Waals surface area contributed by atoms with Crippen LogP contribution in [0.3, 0.4) is 0 Å². The lowest BCUT2D eigenvalue weighted by molar-refractivity contribution is -0.131. The summed E-state index contributed by atoms with van der Waals surface area (Å²) in [4.78, 5) is 10.5. The quantitative estimate of drug-likeness (QED) is 0.564. The fraction of sp³-hybridized carbons (Fsp3) is 0.538. The molecule has 0 amide bonds. The van der Waals surface area contributed by atoms with Gasteiger partial charge in [-0.1, -0.05) is 19.1 Å². The Morgan fingerprint density at radius 1 is 1.59 bits per heavy atom. The van der Waals surface area contributed by atoms with E-state index in [-0.39, 0.29) is 0 Å². The molecule has 92 valence electrons. The summed E-state index contributed by atoms with van der Waals surface area (Å²) in [5, 5.41) is 27.8. The molecule has 0 bridgehead atoms. The molecule has 1 saturated carbocycles.